The molecule has 3 aromatic rings. The second-order valence-electron chi connectivity index (χ2n) is 7.02. The van der Waals surface area contributed by atoms with Crippen LogP contribution in [-0.4, -0.2) is 23.9 Å². The molecular formula is C25H18F3N3O2. The highest BCUT2D eigenvalue weighted by Crippen LogP contribution is 2.22. The molecule has 5 nitrogen and oxygen atoms in total. The second-order valence-corrected chi connectivity index (χ2v) is 7.02. The molecule has 33 heavy (non-hydrogen) atoms. The van der Waals surface area contributed by atoms with Gasteiger partial charge in [-0.3, -0.25) is 9.59 Å². The minimum atomic E-state index is -5.07. The number of hydrogen-bond donors (Lipinski definition) is 1. The molecule has 0 aliphatic heterocycles. The van der Waals surface area contributed by atoms with Crippen molar-refractivity contribution in [2.24, 2.45) is 10.2 Å². The standard InChI is InChI=1S/C25H18F3N3O2/c1-2-17-8-12-20(13-9-17)30-31-21-14-10-19(11-15-21)24(33)29-22(23(32)25(26,27)28)16-18-6-4-3-5-7-18/h1,3-15,22H,16H2,(H,29,33). The molecule has 0 bridgehead atoms. The Morgan fingerprint density at radius 3 is 1.94 bits per heavy atom. The predicted octanol–water partition coefficient (Wildman–Crippen LogP) is 5.56. The normalized spacial score (nSPS) is 12.2. The Morgan fingerprint density at radius 1 is 0.879 bits per heavy atom. The first-order valence-electron chi connectivity index (χ1n) is 9.80. The van der Waals surface area contributed by atoms with Gasteiger partial charge in [0, 0.05) is 17.5 Å². The van der Waals surface area contributed by atoms with Gasteiger partial charge in [0.05, 0.1) is 11.4 Å². The Morgan fingerprint density at radius 2 is 1.42 bits per heavy atom. The second kappa shape index (κ2) is 10.4. The van der Waals surface area contributed by atoms with E-state index in [9.17, 15) is 22.8 Å². The first-order chi connectivity index (χ1) is 15.8. The van der Waals surface area contributed by atoms with Gasteiger partial charge in [0.2, 0.25) is 0 Å². The fourth-order valence-corrected chi connectivity index (χ4v) is 2.92. The summed E-state index contributed by atoms with van der Waals surface area (Å²) in [5.41, 5.74) is 2.29. The van der Waals surface area contributed by atoms with Crippen molar-refractivity contribution in [1.82, 2.24) is 5.32 Å². The van der Waals surface area contributed by atoms with Crippen LogP contribution >= 0.6 is 0 Å². The number of hydrogen-bond acceptors (Lipinski definition) is 4. The van der Waals surface area contributed by atoms with Gasteiger partial charge in [-0.15, -0.1) is 6.42 Å². The van der Waals surface area contributed by atoms with Gasteiger partial charge in [0.1, 0.15) is 6.04 Å². The lowest BCUT2D eigenvalue weighted by Crippen LogP contribution is -2.48. The number of halogens is 3. The number of rotatable bonds is 7. The number of alkyl halides is 3. The van der Waals surface area contributed by atoms with E-state index < -0.39 is 23.9 Å². The third-order valence-corrected chi connectivity index (χ3v) is 4.63. The number of carbonyl (C=O) groups is 2. The van der Waals surface area contributed by atoms with Gasteiger partial charge >= 0.3 is 6.18 Å². The number of Topliss-reactive ketones (excluding diaryl/α,β-unsaturated/α-hetero) is 1. The molecule has 3 rings (SSSR count). The van der Waals surface area contributed by atoms with Gasteiger partial charge in [-0.25, -0.2) is 0 Å². The number of nitrogens with zero attached hydrogens (tertiary/aromatic N) is 2. The fraction of sp³-hybridized carbons (Fsp3) is 0.120. The van der Waals surface area contributed by atoms with Crippen LogP contribution < -0.4 is 5.32 Å². The van der Waals surface area contributed by atoms with Crippen LogP contribution in [0.2, 0.25) is 0 Å². The van der Waals surface area contributed by atoms with Gasteiger partial charge in [-0.1, -0.05) is 36.3 Å². The van der Waals surface area contributed by atoms with E-state index in [1.807, 2.05) is 0 Å². The van der Waals surface area contributed by atoms with Gasteiger partial charge in [-0.05, 0) is 54.1 Å². The summed E-state index contributed by atoms with van der Waals surface area (Å²) in [5, 5.41) is 10.3. The molecule has 0 aliphatic rings. The van der Waals surface area contributed by atoms with Gasteiger partial charge in [-0.2, -0.15) is 23.4 Å². The Balaban J connectivity index is 1.70. The monoisotopic (exact) mass is 449 g/mol. The maximum Gasteiger partial charge on any atom is 0.452 e. The average Bonchev–Trinajstić information content (AvgIpc) is 2.82. The van der Waals surface area contributed by atoms with Crippen LogP contribution in [0, 0.1) is 12.3 Å². The highest BCUT2D eigenvalue weighted by molar-refractivity contribution is 5.99. The SMILES string of the molecule is C#Cc1ccc(N=Nc2ccc(C(=O)NC(Cc3ccccc3)C(=O)C(F)(F)F)cc2)cc1. The van der Waals surface area contributed by atoms with Crippen LogP contribution in [-0.2, 0) is 11.2 Å². The number of ketones is 1. The molecule has 0 saturated heterocycles. The molecule has 1 amide bonds. The number of amides is 1. The highest BCUT2D eigenvalue weighted by Gasteiger charge is 2.43. The van der Waals surface area contributed by atoms with Gasteiger partial charge in [0.15, 0.2) is 0 Å². The van der Waals surface area contributed by atoms with Crippen molar-refractivity contribution < 1.29 is 22.8 Å². The molecule has 3 aromatic carbocycles. The molecule has 8 heteroatoms. The van der Waals surface area contributed by atoms with E-state index in [-0.39, 0.29) is 12.0 Å². The zero-order valence-electron chi connectivity index (χ0n) is 17.2. The van der Waals surface area contributed by atoms with E-state index in [1.54, 1.807) is 54.6 Å². The Hall–Kier alpha value is -4.25. The van der Waals surface area contributed by atoms with Crippen LogP contribution in [0.5, 0.6) is 0 Å². The van der Waals surface area contributed by atoms with Crippen LogP contribution in [0.3, 0.4) is 0 Å². The van der Waals surface area contributed by atoms with Crippen molar-refractivity contribution in [3.63, 3.8) is 0 Å². The molecule has 1 N–H and O–H groups in total. The summed E-state index contributed by atoms with van der Waals surface area (Å²) in [5.74, 6) is -0.324. The van der Waals surface area contributed by atoms with Crippen molar-refractivity contribution in [3.05, 3.63) is 95.6 Å². The molecule has 0 heterocycles. The van der Waals surface area contributed by atoms with E-state index in [2.05, 4.69) is 21.5 Å². The van der Waals surface area contributed by atoms with Crippen LogP contribution in [0.15, 0.2) is 89.1 Å². The molecule has 0 saturated carbocycles. The summed E-state index contributed by atoms with van der Waals surface area (Å²) in [7, 11) is 0. The van der Waals surface area contributed by atoms with E-state index in [4.69, 9.17) is 6.42 Å². The van der Waals surface area contributed by atoms with Crippen molar-refractivity contribution >= 4 is 23.1 Å². The minimum absolute atomic E-state index is 0.0837. The Kier molecular flexibility index (Phi) is 7.36. The molecule has 0 radical (unpaired) electrons. The number of carbonyl (C=O) groups excluding carboxylic acids is 2. The van der Waals surface area contributed by atoms with Gasteiger partial charge < -0.3 is 5.32 Å². The lowest BCUT2D eigenvalue weighted by Gasteiger charge is -2.19. The summed E-state index contributed by atoms with van der Waals surface area (Å²) in [6.07, 6.45) is -0.0574. The summed E-state index contributed by atoms with van der Waals surface area (Å²) in [6.45, 7) is 0. The van der Waals surface area contributed by atoms with E-state index >= 15 is 0 Å². The van der Waals surface area contributed by atoms with E-state index in [0.717, 1.165) is 0 Å². The minimum Gasteiger partial charge on any atom is -0.342 e. The number of benzene rings is 3. The third-order valence-electron chi connectivity index (χ3n) is 4.63. The van der Waals surface area contributed by atoms with Crippen molar-refractivity contribution in [2.75, 3.05) is 0 Å². The van der Waals surface area contributed by atoms with E-state index in [0.29, 0.717) is 22.5 Å². The van der Waals surface area contributed by atoms with Crippen molar-refractivity contribution in [3.8, 4) is 12.3 Å². The number of nitrogens with one attached hydrogen (secondary N) is 1. The van der Waals surface area contributed by atoms with Crippen molar-refractivity contribution in [2.45, 2.75) is 18.6 Å². The molecule has 1 unspecified atom stereocenters. The highest BCUT2D eigenvalue weighted by atomic mass is 19.4. The molecule has 166 valence electrons. The quantitative estimate of drug-likeness (QED) is 0.379. The summed E-state index contributed by atoms with van der Waals surface area (Å²) in [6, 6.07) is 19.0. The zero-order chi connectivity index (χ0) is 23.8. The first-order valence-corrected chi connectivity index (χ1v) is 9.80. The predicted molar refractivity (Wildman–Crippen MR) is 117 cm³/mol. The van der Waals surface area contributed by atoms with Crippen LogP contribution in [0.4, 0.5) is 24.5 Å². The van der Waals surface area contributed by atoms with Gasteiger partial charge in [0.25, 0.3) is 11.7 Å². The maximum atomic E-state index is 13.0. The lowest BCUT2D eigenvalue weighted by molar-refractivity contribution is -0.173. The first kappa shape index (κ1) is 23.4. The Bertz CT molecular complexity index is 1180. The Labute approximate surface area is 188 Å². The van der Waals surface area contributed by atoms with Crippen LogP contribution in [0.25, 0.3) is 0 Å². The molecule has 0 aliphatic carbocycles. The third kappa shape index (κ3) is 6.61. The molecule has 0 spiro atoms. The lowest BCUT2D eigenvalue weighted by atomic mass is 10.0. The summed E-state index contributed by atoms with van der Waals surface area (Å²) >= 11 is 0. The number of azo groups is 1. The van der Waals surface area contributed by atoms with E-state index in [1.165, 1.54) is 24.3 Å². The molecule has 1 atom stereocenters. The zero-order valence-corrected chi connectivity index (χ0v) is 17.2. The van der Waals surface area contributed by atoms with Crippen molar-refractivity contribution in [1.29, 1.82) is 0 Å². The summed E-state index contributed by atoms with van der Waals surface area (Å²) in [4.78, 5) is 24.4. The smallest absolute Gasteiger partial charge is 0.342 e. The molecular weight excluding hydrogens is 431 g/mol. The average molecular weight is 449 g/mol. The molecule has 0 aromatic heterocycles. The maximum absolute atomic E-state index is 13.0. The number of terminal acetylenes is 1. The molecule has 0 fully saturated rings. The summed E-state index contributed by atoms with van der Waals surface area (Å²) < 4.78 is 39.1. The van der Waals surface area contributed by atoms with Crippen LogP contribution in [0.1, 0.15) is 21.5 Å². The fourth-order valence-electron chi connectivity index (χ4n) is 2.92. The largest absolute Gasteiger partial charge is 0.452 e. The topological polar surface area (TPSA) is 70.9 Å².